The minimum atomic E-state index is -3.83. The van der Waals surface area contributed by atoms with Crippen LogP contribution in [0.3, 0.4) is 0 Å². The van der Waals surface area contributed by atoms with Crippen LogP contribution in [0.2, 0.25) is 0 Å². The third-order valence-electron chi connectivity index (χ3n) is 4.50. The van der Waals surface area contributed by atoms with Crippen LogP contribution in [0.15, 0.2) is 47.4 Å². The van der Waals surface area contributed by atoms with Gasteiger partial charge in [-0.15, -0.1) is 10.2 Å². The van der Waals surface area contributed by atoms with Gasteiger partial charge >= 0.3 is 0 Å². The van der Waals surface area contributed by atoms with Gasteiger partial charge in [-0.05, 0) is 50.1 Å². The maximum atomic E-state index is 12.8. The molecule has 3 rings (SSSR count). The Balaban J connectivity index is 1.79. The number of anilines is 2. The summed E-state index contributed by atoms with van der Waals surface area (Å²) in [6.07, 6.45) is 2.88. The maximum Gasteiger partial charge on any atom is 0.261 e. The molecule has 3 aromatic rings. The van der Waals surface area contributed by atoms with E-state index in [9.17, 15) is 13.2 Å². The van der Waals surface area contributed by atoms with Crippen LogP contribution in [0.1, 0.15) is 46.3 Å². The fraction of sp³-hybridized carbons (Fsp3) is 0.286. The summed E-state index contributed by atoms with van der Waals surface area (Å²) in [6, 6.07) is 11.5. The van der Waals surface area contributed by atoms with Crippen LogP contribution in [0.25, 0.3) is 0 Å². The Morgan fingerprint density at radius 2 is 1.80 bits per heavy atom. The van der Waals surface area contributed by atoms with Crippen molar-refractivity contribution in [3.8, 4) is 0 Å². The molecule has 1 aromatic heterocycles. The highest BCUT2D eigenvalue weighted by atomic mass is 32.2. The molecule has 30 heavy (non-hydrogen) atoms. The Labute approximate surface area is 180 Å². The smallest absolute Gasteiger partial charge is 0.261 e. The van der Waals surface area contributed by atoms with E-state index in [2.05, 4.69) is 27.2 Å². The first-order valence-corrected chi connectivity index (χ1v) is 11.9. The number of aryl methyl sites for hydroxylation is 3. The molecule has 0 saturated carbocycles. The molecular formula is C21H24N4O3S2. The molecule has 0 fully saturated rings. The lowest BCUT2D eigenvalue weighted by molar-refractivity contribution is 0.102. The molecule has 0 bridgehead atoms. The third kappa shape index (κ3) is 5.43. The lowest BCUT2D eigenvalue weighted by Gasteiger charge is -2.11. The van der Waals surface area contributed by atoms with Gasteiger partial charge in [0.1, 0.15) is 5.01 Å². The van der Waals surface area contributed by atoms with Crippen LogP contribution in [0.4, 0.5) is 10.8 Å². The van der Waals surface area contributed by atoms with Crippen molar-refractivity contribution in [2.24, 2.45) is 0 Å². The monoisotopic (exact) mass is 444 g/mol. The average molecular weight is 445 g/mol. The number of sulfonamides is 1. The predicted molar refractivity (Wildman–Crippen MR) is 120 cm³/mol. The van der Waals surface area contributed by atoms with E-state index in [1.807, 2.05) is 19.1 Å². The van der Waals surface area contributed by atoms with E-state index in [1.54, 1.807) is 25.1 Å². The molecule has 0 unspecified atom stereocenters. The molecule has 0 spiro atoms. The zero-order valence-corrected chi connectivity index (χ0v) is 18.7. The second-order valence-corrected chi connectivity index (χ2v) is 9.75. The maximum absolute atomic E-state index is 12.8. The first kappa shape index (κ1) is 21.9. The minimum absolute atomic E-state index is 0.0136. The molecule has 1 amide bonds. The molecule has 9 heteroatoms. The van der Waals surface area contributed by atoms with E-state index in [4.69, 9.17) is 0 Å². The Morgan fingerprint density at radius 1 is 1.07 bits per heavy atom. The van der Waals surface area contributed by atoms with E-state index in [-0.39, 0.29) is 10.5 Å². The fourth-order valence-electron chi connectivity index (χ4n) is 2.75. The molecule has 0 aliphatic rings. The highest BCUT2D eigenvalue weighted by Crippen LogP contribution is 2.22. The summed E-state index contributed by atoms with van der Waals surface area (Å²) in [5, 5.41) is 12.1. The summed E-state index contributed by atoms with van der Waals surface area (Å²) >= 11 is 1.33. The number of hydrogen-bond donors (Lipinski definition) is 2. The van der Waals surface area contributed by atoms with Crippen LogP contribution in [0, 0.1) is 13.8 Å². The van der Waals surface area contributed by atoms with Crippen molar-refractivity contribution >= 4 is 38.1 Å². The van der Waals surface area contributed by atoms with Crippen molar-refractivity contribution in [3.05, 3.63) is 64.2 Å². The summed E-state index contributed by atoms with van der Waals surface area (Å²) < 4.78 is 28.1. The molecule has 158 valence electrons. The van der Waals surface area contributed by atoms with Crippen molar-refractivity contribution in [1.82, 2.24) is 10.2 Å². The highest BCUT2D eigenvalue weighted by molar-refractivity contribution is 7.92. The van der Waals surface area contributed by atoms with Crippen molar-refractivity contribution in [1.29, 1.82) is 0 Å². The van der Waals surface area contributed by atoms with Gasteiger partial charge in [0.2, 0.25) is 5.13 Å². The third-order valence-corrected chi connectivity index (χ3v) is 6.78. The minimum Gasteiger partial charge on any atom is -0.296 e. The quantitative estimate of drug-likeness (QED) is 0.531. The zero-order valence-electron chi connectivity index (χ0n) is 17.1. The molecule has 2 N–H and O–H groups in total. The van der Waals surface area contributed by atoms with Crippen molar-refractivity contribution in [2.75, 3.05) is 10.0 Å². The van der Waals surface area contributed by atoms with E-state index in [1.165, 1.54) is 23.5 Å². The predicted octanol–water partition coefficient (Wildman–Crippen LogP) is 4.55. The van der Waals surface area contributed by atoms with Crippen LogP contribution in [0.5, 0.6) is 0 Å². The topological polar surface area (TPSA) is 101 Å². The zero-order chi connectivity index (χ0) is 21.7. The fourth-order valence-corrected chi connectivity index (χ4v) is 4.61. The number of nitrogens with zero attached hydrogens (tertiary/aromatic N) is 2. The number of aromatic nitrogens is 2. The Hall–Kier alpha value is -2.78. The number of carbonyl (C=O) groups excluding carboxylic acids is 1. The van der Waals surface area contributed by atoms with Crippen LogP contribution < -0.4 is 10.0 Å². The number of nitrogens with one attached hydrogen (secondary N) is 2. The first-order valence-electron chi connectivity index (χ1n) is 9.62. The van der Waals surface area contributed by atoms with Gasteiger partial charge in [-0.25, -0.2) is 8.42 Å². The van der Waals surface area contributed by atoms with E-state index >= 15 is 0 Å². The first-order chi connectivity index (χ1) is 14.3. The molecular weight excluding hydrogens is 420 g/mol. The van der Waals surface area contributed by atoms with Gasteiger partial charge in [0.15, 0.2) is 0 Å². The number of hydrogen-bond acceptors (Lipinski definition) is 6. The summed E-state index contributed by atoms with van der Waals surface area (Å²) in [5.74, 6) is -0.418. The van der Waals surface area contributed by atoms with Gasteiger partial charge in [0, 0.05) is 17.7 Å². The van der Waals surface area contributed by atoms with Crippen molar-refractivity contribution in [2.45, 2.75) is 44.9 Å². The number of benzene rings is 2. The molecule has 0 radical (unpaired) electrons. The lowest BCUT2D eigenvalue weighted by atomic mass is 10.1. The van der Waals surface area contributed by atoms with E-state index in [0.29, 0.717) is 16.4 Å². The number of carbonyl (C=O) groups is 1. The lowest BCUT2D eigenvalue weighted by Crippen LogP contribution is -2.17. The second-order valence-electron chi connectivity index (χ2n) is 7.01. The standard InChI is InChI=1S/C21H24N4O3S2/c1-4-5-6-19-23-24-21(29-19)22-20(26)18-13-17(12-9-15(18)3)30(27,28)25-16-10-7-14(2)8-11-16/h7-13,25H,4-6H2,1-3H3,(H,22,24,26). The molecule has 7 nitrogen and oxygen atoms in total. The largest absolute Gasteiger partial charge is 0.296 e. The van der Waals surface area contributed by atoms with Crippen LogP contribution in [-0.4, -0.2) is 24.5 Å². The van der Waals surface area contributed by atoms with Crippen molar-refractivity contribution in [3.63, 3.8) is 0 Å². The van der Waals surface area contributed by atoms with Gasteiger partial charge in [0.05, 0.1) is 4.90 Å². The number of rotatable bonds is 8. The molecule has 0 aliphatic carbocycles. The Kier molecular flexibility index (Phi) is 6.84. The van der Waals surface area contributed by atoms with Crippen LogP contribution >= 0.6 is 11.3 Å². The number of amides is 1. The molecule has 2 aromatic carbocycles. The van der Waals surface area contributed by atoms with Crippen molar-refractivity contribution < 1.29 is 13.2 Å². The van der Waals surface area contributed by atoms with Gasteiger partial charge in [-0.3, -0.25) is 14.8 Å². The van der Waals surface area contributed by atoms with E-state index < -0.39 is 15.9 Å². The highest BCUT2D eigenvalue weighted by Gasteiger charge is 2.19. The normalized spacial score (nSPS) is 11.3. The summed E-state index contributed by atoms with van der Waals surface area (Å²) in [5.41, 5.74) is 2.42. The summed E-state index contributed by atoms with van der Waals surface area (Å²) in [6.45, 7) is 5.78. The van der Waals surface area contributed by atoms with Crippen LogP contribution in [-0.2, 0) is 16.4 Å². The summed E-state index contributed by atoms with van der Waals surface area (Å²) in [4.78, 5) is 12.8. The second kappa shape index (κ2) is 9.36. The summed E-state index contributed by atoms with van der Waals surface area (Å²) in [7, 11) is -3.83. The Bertz CT molecular complexity index is 1140. The van der Waals surface area contributed by atoms with Gasteiger partial charge < -0.3 is 0 Å². The molecule has 0 atom stereocenters. The molecule has 0 aliphatic heterocycles. The van der Waals surface area contributed by atoms with Gasteiger partial charge in [-0.1, -0.05) is 48.4 Å². The number of unbranched alkanes of at least 4 members (excludes halogenated alkanes) is 1. The van der Waals surface area contributed by atoms with Gasteiger partial charge in [-0.2, -0.15) is 0 Å². The SMILES string of the molecule is CCCCc1nnc(NC(=O)c2cc(S(=O)(=O)Nc3ccc(C)cc3)ccc2C)s1. The molecule has 0 saturated heterocycles. The van der Waals surface area contributed by atoms with E-state index in [0.717, 1.165) is 29.8 Å². The van der Waals surface area contributed by atoms with Gasteiger partial charge in [0.25, 0.3) is 15.9 Å². The molecule has 1 heterocycles. The Morgan fingerprint density at radius 3 is 2.50 bits per heavy atom. The average Bonchev–Trinajstić information content (AvgIpc) is 3.15.